The summed E-state index contributed by atoms with van der Waals surface area (Å²) in [6.45, 7) is 5.35. The summed E-state index contributed by atoms with van der Waals surface area (Å²) in [6, 6.07) is 8.28. The van der Waals surface area contributed by atoms with Gasteiger partial charge in [-0.1, -0.05) is 12.1 Å². The number of hydrogen-bond acceptors (Lipinski definition) is 9. The normalized spacial score (nSPS) is 18.0. The van der Waals surface area contributed by atoms with Crippen molar-refractivity contribution in [2.75, 3.05) is 36.0 Å². The van der Waals surface area contributed by atoms with Gasteiger partial charge in [0.1, 0.15) is 17.7 Å². The van der Waals surface area contributed by atoms with Gasteiger partial charge in [-0.05, 0) is 43.5 Å². The quantitative estimate of drug-likeness (QED) is 0.312. The van der Waals surface area contributed by atoms with Crippen molar-refractivity contribution in [3.63, 3.8) is 0 Å². The molecule has 5 heterocycles. The van der Waals surface area contributed by atoms with Crippen LogP contribution in [0.4, 0.5) is 16.2 Å². The van der Waals surface area contributed by atoms with Crippen molar-refractivity contribution < 1.29 is 9.50 Å². The second-order valence-corrected chi connectivity index (χ2v) is 11.2. The Morgan fingerprint density at radius 2 is 1.61 bits per heavy atom. The lowest BCUT2D eigenvalue weighted by Gasteiger charge is -2.35. The first-order chi connectivity index (χ1) is 19.8. The number of piperazine rings is 1. The third-order valence-corrected chi connectivity index (χ3v) is 8.18. The summed E-state index contributed by atoms with van der Waals surface area (Å²) >= 11 is 0. The standard InChI is InChI=1S/C29H31FN10O/c1-28(31,22-2-4-24(30)5-3-22)23-14-32-27(33-15-23)38-10-8-37(9-11-38)26-25-12-20(17-40(25)36-19-34-26)21-13-35-39(16-21)18-29(41)6-7-29/h2-5,12-17,19,41H,6-11,18,31H2,1H3/t28-/m0/s1. The van der Waals surface area contributed by atoms with Gasteiger partial charge < -0.3 is 20.6 Å². The van der Waals surface area contributed by atoms with E-state index >= 15 is 0 Å². The van der Waals surface area contributed by atoms with Crippen LogP contribution in [0.2, 0.25) is 0 Å². The Kier molecular flexibility index (Phi) is 5.98. The molecule has 1 aliphatic carbocycles. The number of rotatable bonds is 7. The highest BCUT2D eigenvalue weighted by Crippen LogP contribution is 2.37. The smallest absolute Gasteiger partial charge is 0.225 e. The largest absolute Gasteiger partial charge is 0.388 e. The third-order valence-electron chi connectivity index (χ3n) is 8.18. The van der Waals surface area contributed by atoms with E-state index in [1.54, 1.807) is 30.9 Å². The summed E-state index contributed by atoms with van der Waals surface area (Å²) in [5.41, 5.74) is 9.59. The molecule has 210 valence electrons. The molecular formula is C29H31FN10O. The zero-order valence-electron chi connectivity index (χ0n) is 22.7. The second-order valence-electron chi connectivity index (χ2n) is 11.2. The van der Waals surface area contributed by atoms with E-state index in [1.807, 2.05) is 34.7 Å². The van der Waals surface area contributed by atoms with Crippen molar-refractivity contribution in [3.8, 4) is 11.1 Å². The van der Waals surface area contributed by atoms with Crippen LogP contribution in [0.5, 0.6) is 0 Å². The maximum Gasteiger partial charge on any atom is 0.225 e. The molecule has 11 nitrogen and oxygen atoms in total. The van der Waals surface area contributed by atoms with Gasteiger partial charge in [-0.2, -0.15) is 10.2 Å². The summed E-state index contributed by atoms with van der Waals surface area (Å²) in [4.78, 5) is 18.3. The van der Waals surface area contributed by atoms with Crippen LogP contribution in [0, 0.1) is 5.82 Å². The van der Waals surface area contributed by atoms with E-state index in [9.17, 15) is 9.50 Å². The Balaban J connectivity index is 1.04. The molecule has 3 N–H and O–H groups in total. The number of nitrogens with zero attached hydrogens (tertiary/aromatic N) is 9. The molecule has 2 aliphatic rings. The lowest BCUT2D eigenvalue weighted by Crippen LogP contribution is -2.47. The predicted octanol–water partition coefficient (Wildman–Crippen LogP) is 2.60. The van der Waals surface area contributed by atoms with Crippen molar-refractivity contribution in [2.45, 2.75) is 37.5 Å². The Morgan fingerprint density at radius 3 is 2.32 bits per heavy atom. The molecule has 2 fully saturated rings. The van der Waals surface area contributed by atoms with Gasteiger partial charge in [0, 0.05) is 67.7 Å². The number of benzene rings is 1. The van der Waals surface area contributed by atoms with Gasteiger partial charge in [0.25, 0.3) is 0 Å². The highest BCUT2D eigenvalue weighted by Gasteiger charge is 2.40. The van der Waals surface area contributed by atoms with Gasteiger partial charge in [0.15, 0.2) is 5.82 Å². The van der Waals surface area contributed by atoms with E-state index in [1.165, 1.54) is 12.1 Å². The Hall–Kier alpha value is -4.42. The topological polar surface area (TPSA) is 127 Å². The monoisotopic (exact) mass is 554 g/mol. The molecule has 7 rings (SSSR count). The van der Waals surface area contributed by atoms with E-state index in [0.717, 1.165) is 72.6 Å². The van der Waals surface area contributed by atoms with Crippen molar-refractivity contribution in [1.82, 2.24) is 34.3 Å². The fraction of sp³-hybridized carbons (Fsp3) is 0.345. The number of nitrogens with two attached hydrogens (primary N) is 1. The van der Waals surface area contributed by atoms with Gasteiger partial charge >= 0.3 is 0 Å². The van der Waals surface area contributed by atoms with Gasteiger partial charge in [0.2, 0.25) is 5.95 Å². The molecule has 0 spiro atoms. The molecule has 1 atom stereocenters. The van der Waals surface area contributed by atoms with E-state index in [-0.39, 0.29) is 5.82 Å². The Morgan fingerprint density at radius 1 is 0.902 bits per heavy atom. The minimum absolute atomic E-state index is 0.298. The zero-order valence-corrected chi connectivity index (χ0v) is 22.7. The van der Waals surface area contributed by atoms with Crippen LogP contribution in [-0.2, 0) is 12.1 Å². The first kappa shape index (κ1) is 25.5. The SMILES string of the molecule is C[C@](N)(c1ccc(F)cc1)c1cnc(N2CCN(c3ncnn4cc(-c5cnn(CC6(O)CC6)c5)cc34)CC2)nc1. The zero-order chi connectivity index (χ0) is 28.2. The fourth-order valence-corrected chi connectivity index (χ4v) is 5.36. The number of halogens is 1. The molecule has 1 aromatic carbocycles. The highest BCUT2D eigenvalue weighted by molar-refractivity contribution is 5.77. The molecule has 0 unspecified atom stereocenters. The van der Waals surface area contributed by atoms with E-state index in [0.29, 0.717) is 12.5 Å². The number of hydrogen-bond donors (Lipinski definition) is 2. The molecular weight excluding hydrogens is 523 g/mol. The van der Waals surface area contributed by atoms with Crippen molar-refractivity contribution in [2.24, 2.45) is 5.73 Å². The first-order valence-corrected chi connectivity index (χ1v) is 13.7. The first-order valence-electron chi connectivity index (χ1n) is 13.7. The molecule has 41 heavy (non-hydrogen) atoms. The van der Waals surface area contributed by atoms with E-state index in [4.69, 9.17) is 5.73 Å². The minimum Gasteiger partial charge on any atom is -0.388 e. The van der Waals surface area contributed by atoms with Gasteiger partial charge in [0.05, 0.1) is 23.9 Å². The summed E-state index contributed by atoms with van der Waals surface area (Å²) in [7, 11) is 0. The number of aliphatic hydroxyl groups is 1. The molecule has 4 aromatic heterocycles. The van der Waals surface area contributed by atoms with Crippen LogP contribution < -0.4 is 15.5 Å². The minimum atomic E-state index is -0.837. The maximum atomic E-state index is 13.4. The van der Waals surface area contributed by atoms with Crippen molar-refractivity contribution >= 4 is 17.3 Å². The summed E-state index contributed by atoms with van der Waals surface area (Å²) in [6.07, 6.45) is 12.5. The molecule has 0 amide bonds. The molecule has 0 radical (unpaired) electrons. The molecule has 1 saturated carbocycles. The second kappa shape index (κ2) is 9.60. The van der Waals surface area contributed by atoms with Crippen LogP contribution in [0.1, 0.15) is 30.9 Å². The lowest BCUT2D eigenvalue weighted by atomic mass is 9.87. The van der Waals surface area contributed by atoms with Gasteiger partial charge in [-0.15, -0.1) is 0 Å². The van der Waals surface area contributed by atoms with Gasteiger partial charge in [-0.25, -0.2) is 23.9 Å². The average Bonchev–Trinajstić information content (AvgIpc) is 3.34. The maximum absolute atomic E-state index is 13.4. The molecule has 5 aromatic rings. The lowest BCUT2D eigenvalue weighted by molar-refractivity contribution is 0.125. The number of anilines is 2. The van der Waals surface area contributed by atoms with Crippen LogP contribution in [0.25, 0.3) is 16.6 Å². The van der Waals surface area contributed by atoms with E-state index < -0.39 is 11.1 Å². The summed E-state index contributed by atoms with van der Waals surface area (Å²) < 4.78 is 17.0. The Labute approximate surface area is 236 Å². The van der Waals surface area contributed by atoms with Crippen LogP contribution in [0.15, 0.2) is 67.6 Å². The van der Waals surface area contributed by atoms with Crippen LogP contribution in [-0.4, -0.2) is 71.2 Å². The predicted molar refractivity (Wildman–Crippen MR) is 152 cm³/mol. The third kappa shape index (κ3) is 4.89. The molecule has 12 heteroatoms. The molecule has 1 saturated heterocycles. The van der Waals surface area contributed by atoms with Crippen molar-refractivity contribution in [1.29, 1.82) is 0 Å². The highest BCUT2D eigenvalue weighted by atomic mass is 19.1. The fourth-order valence-electron chi connectivity index (χ4n) is 5.36. The van der Waals surface area contributed by atoms with Crippen LogP contribution in [0.3, 0.4) is 0 Å². The Bertz CT molecular complexity index is 1680. The number of fused-ring (bicyclic) bond motifs is 1. The van der Waals surface area contributed by atoms with Crippen LogP contribution >= 0.6 is 0 Å². The summed E-state index contributed by atoms with van der Waals surface area (Å²) in [5.74, 6) is 1.22. The average molecular weight is 555 g/mol. The molecule has 0 bridgehead atoms. The van der Waals surface area contributed by atoms with Crippen molar-refractivity contribution in [3.05, 3.63) is 84.6 Å². The number of aromatic nitrogens is 7. The van der Waals surface area contributed by atoms with E-state index in [2.05, 4.69) is 41.0 Å². The van der Waals surface area contributed by atoms with Gasteiger partial charge in [-0.3, -0.25) is 4.68 Å². The summed E-state index contributed by atoms with van der Waals surface area (Å²) in [5, 5.41) is 19.1. The molecule has 1 aliphatic heterocycles.